The van der Waals surface area contributed by atoms with E-state index in [-0.39, 0.29) is 0 Å². The number of likely N-dealkylation sites (N-methyl/N-ethyl adjacent to an activating group) is 2. The Morgan fingerprint density at radius 1 is 1.06 bits per heavy atom. The highest BCUT2D eigenvalue weighted by atomic mass is 15.2. The summed E-state index contributed by atoms with van der Waals surface area (Å²) in [6.45, 7) is 12.6. The van der Waals surface area contributed by atoms with Gasteiger partial charge in [-0.15, -0.1) is 0 Å². The van der Waals surface area contributed by atoms with Crippen molar-refractivity contribution in [2.24, 2.45) is 0 Å². The minimum atomic E-state index is 0.715. The largest absolute Gasteiger partial charge is 0.315 e. The van der Waals surface area contributed by atoms with Gasteiger partial charge in [0.1, 0.15) is 0 Å². The Kier molecular flexibility index (Phi) is 10.9. The first kappa shape index (κ1) is 16.9. The van der Waals surface area contributed by atoms with Crippen LogP contribution in [0.2, 0.25) is 0 Å². The lowest BCUT2D eigenvalue weighted by molar-refractivity contribution is 0.182. The van der Waals surface area contributed by atoms with E-state index in [1.54, 1.807) is 0 Å². The predicted octanol–water partition coefficient (Wildman–Crippen LogP) is 2.04. The number of hydrogen-bond donors (Lipinski definition) is 1. The summed E-state index contributed by atoms with van der Waals surface area (Å²) < 4.78 is 0. The standard InChI is InChI=1S/C14H33N3/c1-6-10-14(13-15-7-2)17(8-3)12-9-11-16(4)5/h14-15H,6-13H2,1-5H3. The van der Waals surface area contributed by atoms with Crippen LogP contribution < -0.4 is 5.32 Å². The van der Waals surface area contributed by atoms with Gasteiger partial charge in [-0.2, -0.15) is 0 Å². The Bertz CT molecular complexity index is 160. The van der Waals surface area contributed by atoms with Crippen molar-refractivity contribution < 1.29 is 0 Å². The van der Waals surface area contributed by atoms with E-state index in [0.29, 0.717) is 6.04 Å². The number of hydrogen-bond acceptors (Lipinski definition) is 3. The molecule has 0 aliphatic heterocycles. The Morgan fingerprint density at radius 3 is 2.24 bits per heavy atom. The van der Waals surface area contributed by atoms with Crippen LogP contribution in [0.3, 0.4) is 0 Å². The van der Waals surface area contributed by atoms with Crippen molar-refractivity contribution in [2.75, 3.05) is 46.8 Å². The fourth-order valence-corrected chi connectivity index (χ4v) is 2.25. The van der Waals surface area contributed by atoms with Gasteiger partial charge < -0.3 is 10.2 Å². The van der Waals surface area contributed by atoms with Gasteiger partial charge in [-0.25, -0.2) is 0 Å². The lowest BCUT2D eigenvalue weighted by Gasteiger charge is -2.31. The molecule has 3 heteroatoms. The molecule has 0 aliphatic carbocycles. The van der Waals surface area contributed by atoms with Gasteiger partial charge in [-0.1, -0.05) is 27.2 Å². The minimum Gasteiger partial charge on any atom is -0.315 e. The normalized spacial score (nSPS) is 13.6. The molecule has 0 radical (unpaired) electrons. The third-order valence-corrected chi connectivity index (χ3v) is 3.23. The van der Waals surface area contributed by atoms with Crippen LogP contribution in [-0.4, -0.2) is 62.7 Å². The SMILES string of the molecule is CCCC(CNCC)N(CC)CCCN(C)C. The summed E-state index contributed by atoms with van der Waals surface area (Å²) in [5.74, 6) is 0. The van der Waals surface area contributed by atoms with Gasteiger partial charge in [-0.05, 0) is 53.1 Å². The van der Waals surface area contributed by atoms with Crippen molar-refractivity contribution in [3.05, 3.63) is 0 Å². The molecule has 0 aliphatic rings. The Morgan fingerprint density at radius 2 is 1.76 bits per heavy atom. The second-order valence-corrected chi connectivity index (χ2v) is 5.04. The van der Waals surface area contributed by atoms with Crippen molar-refractivity contribution >= 4 is 0 Å². The zero-order valence-electron chi connectivity index (χ0n) is 12.6. The van der Waals surface area contributed by atoms with Crippen LogP contribution in [0.5, 0.6) is 0 Å². The zero-order chi connectivity index (χ0) is 13.1. The van der Waals surface area contributed by atoms with Gasteiger partial charge >= 0.3 is 0 Å². The number of nitrogens with zero attached hydrogens (tertiary/aromatic N) is 2. The van der Waals surface area contributed by atoms with E-state index in [4.69, 9.17) is 0 Å². The fourth-order valence-electron chi connectivity index (χ4n) is 2.25. The van der Waals surface area contributed by atoms with E-state index in [2.05, 4.69) is 50.0 Å². The highest BCUT2D eigenvalue weighted by molar-refractivity contribution is 4.73. The molecule has 0 aromatic carbocycles. The topological polar surface area (TPSA) is 18.5 Å². The summed E-state index contributed by atoms with van der Waals surface area (Å²) in [5.41, 5.74) is 0. The van der Waals surface area contributed by atoms with E-state index >= 15 is 0 Å². The summed E-state index contributed by atoms with van der Waals surface area (Å²) in [6, 6.07) is 0.715. The maximum absolute atomic E-state index is 3.50. The Hall–Kier alpha value is -0.120. The molecule has 0 amide bonds. The molecule has 1 N–H and O–H groups in total. The molecule has 0 heterocycles. The van der Waals surface area contributed by atoms with Gasteiger partial charge in [0.15, 0.2) is 0 Å². The van der Waals surface area contributed by atoms with Crippen LogP contribution in [0, 0.1) is 0 Å². The van der Waals surface area contributed by atoms with E-state index in [1.165, 1.54) is 38.9 Å². The van der Waals surface area contributed by atoms with Crippen LogP contribution in [0.1, 0.15) is 40.0 Å². The first-order chi connectivity index (χ1) is 8.15. The molecule has 17 heavy (non-hydrogen) atoms. The maximum atomic E-state index is 3.50. The molecular weight excluding hydrogens is 210 g/mol. The highest BCUT2D eigenvalue weighted by Gasteiger charge is 2.15. The molecule has 0 saturated heterocycles. The highest BCUT2D eigenvalue weighted by Crippen LogP contribution is 2.07. The molecule has 1 unspecified atom stereocenters. The average Bonchev–Trinajstić information content (AvgIpc) is 2.30. The van der Waals surface area contributed by atoms with E-state index in [1.807, 2.05) is 0 Å². The monoisotopic (exact) mass is 243 g/mol. The molecule has 104 valence electrons. The minimum absolute atomic E-state index is 0.715. The lowest BCUT2D eigenvalue weighted by atomic mass is 10.1. The van der Waals surface area contributed by atoms with Crippen molar-refractivity contribution in [2.45, 2.75) is 46.1 Å². The summed E-state index contributed by atoms with van der Waals surface area (Å²) >= 11 is 0. The smallest absolute Gasteiger partial charge is 0.0220 e. The average molecular weight is 243 g/mol. The van der Waals surface area contributed by atoms with Crippen molar-refractivity contribution in [3.8, 4) is 0 Å². The van der Waals surface area contributed by atoms with Gasteiger partial charge in [0.05, 0.1) is 0 Å². The second-order valence-electron chi connectivity index (χ2n) is 5.04. The molecule has 1 atom stereocenters. The molecule has 0 aromatic rings. The second kappa shape index (κ2) is 11.0. The first-order valence-electron chi connectivity index (χ1n) is 7.25. The van der Waals surface area contributed by atoms with E-state index in [0.717, 1.165) is 13.1 Å². The van der Waals surface area contributed by atoms with Crippen molar-refractivity contribution in [1.82, 2.24) is 15.1 Å². The van der Waals surface area contributed by atoms with Crippen LogP contribution in [0.15, 0.2) is 0 Å². The van der Waals surface area contributed by atoms with E-state index < -0.39 is 0 Å². The predicted molar refractivity (Wildman–Crippen MR) is 77.7 cm³/mol. The number of nitrogens with one attached hydrogen (secondary N) is 1. The summed E-state index contributed by atoms with van der Waals surface area (Å²) in [6.07, 6.45) is 3.86. The third-order valence-electron chi connectivity index (χ3n) is 3.23. The molecule has 0 spiro atoms. The van der Waals surface area contributed by atoms with Gasteiger partial charge in [0.25, 0.3) is 0 Å². The summed E-state index contributed by atoms with van der Waals surface area (Å²) in [5, 5.41) is 3.50. The van der Waals surface area contributed by atoms with Crippen LogP contribution >= 0.6 is 0 Å². The quantitative estimate of drug-likeness (QED) is 0.599. The number of rotatable bonds is 11. The molecule has 0 rings (SSSR count). The Balaban J connectivity index is 4.04. The molecule has 0 aromatic heterocycles. The van der Waals surface area contributed by atoms with Gasteiger partial charge in [0.2, 0.25) is 0 Å². The zero-order valence-corrected chi connectivity index (χ0v) is 12.6. The summed E-state index contributed by atoms with van der Waals surface area (Å²) in [4.78, 5) is 4.91. The molecule has 0 bridgehead atoms. The fraction of sp³-hybridized carbons (Fsp3) is 1.00. The van der Waals surface area contributed by atoms with Crippen LogP contribution in [0.4, 0.5) is 0 Å². The van der Waals surface area contributed by atoms with Crippen molar-refractivity contribution in [3.63, 3.8) is 0 Å². The van der Waals surface area contributed by atoms with Crippen LogP contribution in [-0.2, 0) is 0 Å². The van der Waals surface area contributed by atoms with Gasteiger partial charge in [0, 0.05) is 12.6 Å². The lowest BCUT2D eigenvalue weighted by Crippen LogP contribution is -2.43. The third kappa shape index (κ3) is 8.58. The first-order valence-corrected chi connectivity index (χ1v) is 7.25. The van der Waals surface area contributed by atoms with Crippen LogP contribution in [0.25, 0.3) is 0 Å². The molecule has 3 nitrogen and oxygen atoms in total. The van der Waals surface area contributed by atoms with E-state index in [9.17, 15) is 0 Å². The van der Waals surface area contributed by atoms with Crippen molar-refractivity contribution in [1.29, 1.82) is 0 Å². The van der Waals surface area contributed by atoms with Gasteiger partial charge in [-0.3, -0.25) is 4.90 Å². The molecule has 0 fully saturated rings. The molecular formula is C14H33N3. The summed E-state index contributed by atoms with van der Waals surface area (Å²) in [7, 11) is 4.30. The Labute approximate surface area is 109 Å². The molecule has 0 saturated carbocycles. The maximum Gasteiger partial charge on any atom is 0.0220 e.